The lowest BCUT2D eigenvalue weighted by molar-refractivity contribution is 0.0938. The van der Waals surface area contributed by atoms with Gasteiger partial charge < -0.3 is 5.32 Å². The fourth-order valence-corrected chi connectivity index (χ4v) is 2.37. The average molecular weight is 379 g/mol. The molecule has 1 atom stereocenters. The van der Waals surface area contributed by atoms with Crippen LogP contribution in [-0.2, 0) is 6.42 Å². The van der Waals surface area contributed by atoms with Crippen LogP contribution in [0.15, 0.2) is 54.6 Å². The Hall–Kier alpha value is -1.36. The molecule has 0 saturated carbocycles. The van der Waals surface area contributed by atoms with E-state index in [1.165, 1.54) is 5.56 Å². The molecule has 0 aliphatic carbocycles. The van der Waals surface area contributed by atoms with Crippen LogP contribution < -0.4 is 5.32 Å². The Morgan fingerprint density at radius 3 is 2.40 bits per heavy atom. The molecule has 0 heterocycles. The van der Waals surface area contributed by atoms with E-state index in [1.807, 2.05) is 49.4 Å². The number of nitrogens with one attached hydrogen (secondary N) is 1. The van der Waals surface area contributed by atoms with Gasteiger partial charge in [0.1, 0.15) is 0 Å². The van der Waals surface area contributed by atoms with Crippen molar-refractivity contribution in [3.63, 3.8) is 0 Å². The molecule has 1 unspecified atom stereocenters. The van der Waals surface area contributed by atoms with Crippen molar-refractivity contribution in [3.05, 3.63) is 69.3 Å². The SMILES string of the molecule is CC(CCc1ccccc1)NC(=O)c1ccc(I)cc1. The molecule has 0 bridgehead atoms. The van der Waals surface area contributed by atoms with Crippen molar-refractivity contribution in [2.75, 3.05) is 0 Å². The van der Waals surface area contributed by atoms with Crippen molar-refractivity contribution >= 4 is 28.5 Å². The Balaban J connectivity index is 1.83. The molecule has 2 aromatic rings. The van der Waals surface area contributed by atoms with Crippen LogP contribution in [0.25, 0.3) is 0 Å². The molecule has 2 aromatic carbocycles. The summed E-state index contributed by atoms with van der Waals surface area (Å²) in [5.74, 6) is 0.00182. The molecule has 2 nitrogen and oxygen atoms in total. The largest absolute Gasteiger partial charge is 0.350 e. The second-order valence-electron chi connectivity index (χ2n) is 4.91. The van der Waals surface area contributed by atoms with Gasteiger partial charge in [-0.1, -0.05) is 30.3 Å². The summed E-state index contributed by atoms with van der Waals surface area (Å²) in [4.78, 5) is 12.1. The topological polar surface area (TPSA) is 29.1 Å². The quantitative estimate of drug-likeness (QED) is 0.781. The molecule has 1 amide bonds. The number of halogens is 1. The van der Waals surface area contributed by atoms with Gasteiger partial charge in [-0.25, -0.2) is 0 Å². The molecular formula is C17H18INO. The molecule has 0 spiro atoms. The number of carbonyl (C=O) groups is 1. The lowest BCUT2D eigenvalue weighted by Gasteiger charge is -2.14. The maximum absolute atomic E-state index is 12.1. The number of hydrogen-bond donors (Lipinski definition) is 1. The Labute approximate surface area is 133 Å². The standard InChI is InChI=1S/C17H18INO/c1-13(7-8-14-5-3-2-4-6-14)19-17(20)15-9-11-16(18)12-10-15/h2-6,9-13H,7-8H2,1H3,(H,19,20). The van der Waals surface area contributed by atoms with E-state index in [2.05, 4.69) is 40.0 Å². The van der Waals surface area contributed by atoms with E-state index in [0.29, 0.717) is 0 Å². The van der Waals surface area contributed by atoms with Crippen molar-refractivity contribution in [2.24, 2.45) is 0 Å². The van der Waals surface area contributed by atoms with E-state index in [1.54, 1.807) is 0 Å². The van der Waals surface area contributed by atoms with E-state index in [0.717, 1.165) is 22.0 Å². The maximum Gasteiger partial charge on any atom is 0.251 e. The second-order valence-corrected chi connectivity index (χ2v) is 6.15. The summed E-state index contributed by atoms with van der Waals surface area (Å²) in [5, 5.41) is 3.04. The first kappa shape index (κ1) is 15.0. The van der Waals surface area contributed by atoms with Crippen LogP contribution in [0.2, 0.25) is 0 Å². The monoisotopic (exact) mass is 379 g/mol. The van der Waals surface area contributed by atoms with Gasteiger partial charge in [0.05, 0.1) is 0 Å². The molecule has 2 rings (SSSR count). The highest BCUT2D eigenvalue weighted by Crippen LogP contribution is 2.08. The van der Waals surface area contributed by atoms with E-state index in [-0.39, 0.29) is 11.9 Å². The van der Waals surface area contributed by atoms with Gasteiger partial charge in [-0.05, 0) is 72.2 Å². The number of aryl methyl sites for hydroxylation is 1. The molecule has 0 aliphatic rings. The average Bonchev–Trinajstić information content (AvgIpc) is 2.47. The molecule has 0 aliphatic heterocycles. The normalized spacial score (nSPS) is 11.9. The molecule has 0 aromatic heterocycles. The van der Waals surface area contributed by atoms with Crippen LogP contribution in [0.5, 0.6) is 0 Å². The summed E-state index contributed by atoms with van der Waals surface area (Å²) in [6.07, 6.45) is 1.93. The Morgan fingerprint density at radius 2 is 1.75 bits per heavy atom. The van der Waals surface area contributed by atoms with Gasteiger partial charge in [-0.15, -0.1) is 0 Å². The fraction of sp³-hybridized carbons (Fsp3) is 0.235. The molecule has 0 fully saturated rings. The van der Waals surface area contributed by atoms with Gasteiger partial charge in [-0.3, -0.25) is 4.79 Å². The predicted octanol–water partition coefficient (Wildman–Crippen LogP) is 4.04. The summed E-state index contributed by atoms with van der Waals surface area (Å²) in [6.45, 7) is 2.05. The first-order valence-corrected chi connectivity index (χ1v) is 7.83. The number of hydrogen-bond acceptors (Lipinski definition) is 1. The van der Waals surface area contributed by atoms with Crippen molar-refractivity contribution in [1.29, 1.82) is 0 Å². The number of carbonyl (C=O) groups excluding carboxylic acids is 1. The van der Waals surface area contributed by atoms with Crippen LogP contribution >= 0.6 is 22.6 Å². The van der Waals surface area contributed by atoms with E-state index in [4.69, 9.17) is 0 Å². The number of amides is 1. The highest BCUT2D eigenvalue weighted by molar-refractivity contribution is 14.1. The molecule has 0 saturated heterocycles. The lowest BCUT2D eigenvalue weighted by Crippen LogP contribution is -2.32. The number of rotatable bonds is 5. The van der Waals surface area contributed by atoms with E-state index in [9.17, 15) is 4.79 Å². The highest BCUT2D eigenvalue weighted by Gasteiger charge is 2.09. The van der Waals surface area contributed by atoms with Crippen LogP contribution in [-0.4, -0.2) is 11.9 Å². The minimum Gasteiger partial charge on any atom is -0.350 e. The van der Waals surface area contributed by atoms with Gasteiger partial charge in [0.2, 0.25) is 0 Å². The smallest absolute Gasteiger partial charge is 0.251 e. The summed E-state index contributed by atoms with van der Waals surface area (Å²) in [6, 6.07) is 18.1. The fourth-order valence-electron chi connectivity index (χ4n) is 2.01. The summed E-state index contributed by atoms with van der Waals surface area (Å²) in [7, 11) is 0. The zero-order chi connectivity index (χ0) is 14.4. The third kappa shape index (κ3) is 4.63. The molecule has 3 heteroatoms. The van der Waals surface area contributed by atoms with Crippen molar-refractivity contribution in [2.45, 2.75) is 25.8 Å². The van der Waals surface area contributed by atoms with E-state index < -0.39 is 0 Å². The Morgan fingerprint density at radius 1 is 1.10 bits per heavy atom. The third-order valence-corrected chi connectivity index (χ3v) is 3.91. The number of benzene rings is 2. The first-order chi connectivity index (χ1) is 9.65. The zero-order valence-corrected chi connectivity index (χ0v) is 13.6. The summed E-state index contributed by atoms with van der Waals surface area (Å²) >= 11 is 2.23. The van der Waals surface area contributed by atoms with Gasteiger partial charge in [-0.2, -0.15) is 0 Å². The van der Waals surface area contributed by atoms with Crippen LogP contribution in [0, 0.1) is 3.57 Å². The molecule has 0 radical (unpaired) electrons. The van der Waals surface area contributed by atoms with E-state index >= 15 is 0 Å². The zero-order valence-electron chi connectivity index (χ0n) is 11.5. The third-order valence-electron chi connectivity index (χ3n) is 3.19. The predicted molar refractivity (Wildman–Crippen MR) is 90.9 cm³/mol. The van der Waals surface area contributed by atoms with Crippen molar-refractivity contribution in [1.82, 2.24) is 5.32 Å². The lowest BCUT2D eigenvalue weighted by atomic mass is 10.1. The van der Waals surface area contributed by atoms with Crippen molar-refractivity contribution < 1.29 is 4.79 Å². The van der Waals surface area contributed by atoms with Crippen LogP contribution in [0.1, 0.15) is 29.3 Å². The second kappa shape index (κ2) is 7.43. The van der Waals surface area contributed by atoms with Gasteiger partial charge >= 0.3 is 0 Å². The Bertz CT molecular complexity index is 551. The molecule has 104 valence electrons. The van der Waals surface area contributed by atoms with Crippen LogP contribution in [0.4, 0.5) is 0 Å². The minimum absolute atomic E-state index is 0.00182. The summed E-state index contributed by atoms with van der Waals surface area (Å²) < 4.78 is 1.14. The highest BCUT2D eigenvalue weighted by atomic mass is 127. The Kier molecular flexibility index (Phi) is 5.59. The summed E-state index contributed by atoms with van der Waals surface area (Å²) in [5.41, 5.74) is 2.03. The maximum atomic E-state index is 12.1. The van der Waals surface area contributed by atoms with Crippen molar-refractivity contribution in [3.8, 4) is 0 Å². The molecule has 1 N–H and O–H groups in total. The minimum atomic E-state index is 0.00182. The van der Waals surface area contributed by atoms with Crippen LogP contribution in [0.3, 0.4) is 0 Å². The van der Waals surface area contributed by atoms with Gasteiger partial charge in [0.25, 0.3) is 5.91 Å². The van der Waals surface area contributed by atoms with Gasteiger partial charge in [0, 0.05) is 15.2 Å². The first-order valence-electron chi connectivity index (χ1n) is 6.75. The molecular weight excluding hydrogens is 361 g/mol. The molecule has 20 heavy (non-hydrogen) atoms. The van der Waals surface area contributed by atoms with Gasteiger partial charge in [0.15, 0.2) is 0 Å².